The molecule has 0 radical (unpaired) electrons. The van der Waals surface area contributed by atoms with Gasteiger partial charge in [0, 0.05) is 45.8 Å². The Hall–Kier alpha value is -1.92. The molecule has 1 aromatic rings. The van der Waals surface area contributed by atoms with Gasteiger partial charge in [-0.15, -0.1) is 0 Å². The van der Waals surface area contributed by atoms with E-state index >= 15 is 0 Å². The van der Waals surface area contributed by atoms with Crippen molar-refractivity contribution in [1.82, 2.24) is 14.7 Å². The largest absolute Gasteiger partial charge is 0.469 e. The maximum atomic E-state index is 12.6. The fourth-order valence-corrected chi connectivity index (χ4v) is 4.19. The maximum Gasteiger partial charge on any atom is 0.308 e. The summed E-state index contributed by atoms with van der Waals surface area (Å²) in [5.74, 6) is 0.552. The molecule has 160 valence electrons. The van der Waals surface area contributed by atoms with Crippen molar-refractivity contribution in [2.75, 3.05) is 52.9 Å². The number of nitrogens with zero attached hydrogens (tertiary/aromatic N) is 3. The molecule has 2 saturated heterocycles. The summed E-state index contributed by atoms with van der Waals surface area (Å²) in [5, 5.41) is 0. The van der Waals surface area contributed by atoms with Crippen LogP contribution in [-0.4, -0.2) is 79.5 Å². The van der Waals surface area contributed by atoms with Gasteiger partial charge in [-0.25, -0.2) is 0 Å². The van der Waals surface area contributed by atoms with Crippen molar-refractivity contribution in [3.05, 3.63) is 35.4 Å². The molecular weight excluding hydrogens is 366 g/mol. The number of piperidine rings is 1. The SMILES string of the molecule is COC(=O)C1CCN(C(=O)CN2CCN(Cc3ccc(C(C)C)cc3)CC2)CC1. The maximum absolute atomic E-state index is 12.6. The minimum Gasteiger partial charge on any atom is -0.469 e. The molecule has 1 amide bonds. The van der Waals surface area contributed by atoms with Crippen LogP contribution >= 0.6 is 0 Å². The van der Waals surface area contributed by atoms with E-state index in [-0.39, 0.29) is 17.8 Å². The molecule has 2 heterocycles. The second kappa shape index (κ2) is 10.2. The molecule has 0 aromatic heterocycles. The van der Waals surface area contributed by atoms with Gasteiger partial charge in [-0.05, 0) is 29.9 Å². The highest BCUT2D eigenvalue weighted by Crippen LogP contribution is 2.19. The summed E-state index contributed by atoms with van der Waals surface area (Å²) in [4.78, 5) is 30.9. The van der Waals surface area contributed by atoms with Gasteiger partial charge in [0.15, 0.2) is 0 Å². The van der Waals surface area contributed by atoms with Crippen LogP contribution in [0.25, 0.3) is 0 Å². The first kappa shape index (κ1) is 21.8. The van der Waals surface area contributed by atoms with E-state index in [4.69, 9.17) is 4.74 Å². The summed E-state index contributed by atoms with van der Waals surface area (Å²) in [6, 6.07) is 8.95. The normalized spacial score (nSPS) is 19.5. The lowest BCUT2D eigenvalue weighted by Gasteiger charge is -2.36. The first-order valence-corrected chi connectivity index (χ1v) is 10.9. The molecule has 2 fully saturated rings. The summed E-state index contributed by atoms with van der Waals surface area (Å²) < 4.78 is 4.82. The molecule has 0 N–H and O–H groups in total. The quantitative estimate of drug-likeness (QED) is 0.685. The number of likely N-dealkylation sites (tertiary alicyclic amines) is 1. The predicted octanol–water partition coefficient (Wildman–Crippen LogP) is 2.34. The van der Waals surface area contributed by atoms with Gasteiger partial charge in [-0.1, -0.05) is 38.1 Å². The van der Waals surface area contributed by atoms with Crippen LogP contribution in [0.1, 0.15) is 43.7 Å². The lowest BCUT2D eigenvalue weighted by molar-refractivity contribution is -0.149. The summed E-state index contributed by atoms with van der Waals surface area (Å²) in [5.41, 5.74) is 2.74. The molecule has 6 heteroatoms. The Kier molecular flexibility index (Phi) is 7.67. The van der Waals surface area contributed by atoms with Crippen LogP contribution in [0.4, 0.5) is 0 Å². The number of benzene rings is 1. The Morgan fingerprint density at radius 2 is 1.55 bits per heavy atom. The van der Waals surface area contributed by atoms with Crippen LogP contribution in [0.2, 0.25) is 0 Å². The second-order valence-electron chi connectivity index (χ2n) is 8.63. The van der Waals surface area contributed by atoms with E-state index in [1.807, 2.05) is 4.90 Å². The number of carbonyl (C=O) groups excluding carboxylic acids is 2. The third kappa shape index (κ3) is 6.03. The highest BCUT2D eigenvalue weighted by atomic mass is 16.5. The van der Waals surface area contributed by atoms with Gasteiger partial charge < -0.3 is 9.64 Å². The summed E-state index contributed by atoms with van der Waals surface area (Å²) in [7, 11) is 1.43. The zero-order chi connectivity index (χ0) is 20.8. The highest BCUT2D eigenvalue weighted by Gasteiger charge is 2.29. The molecule has 0 saturated carbocycles. The number of rotatable bonds is 6. The number of piperazine rings is 1. The van der Waals surface area contributed by atoms with Gasteiger partial charge >= 0.3 is 5.97 Å². The minimum atomic E-state index is -0.146. The van der Waals surface area contributed by atoms with Crippen LogP contribution in [0.15, 0.2) is 24.3 Å². The summed E-state index contributed by atoms with van der Waals surface area (Å²) in [6.07, 6.45) is 1.42. The number of hydrogen-bond acceptors (Lipinski definition) is 5. The zero-order valence-corrected chi connectivity index (χ0v) is 18.1. The molecule has 6 nitrogen and oxygen atoms in total. The average Bonchev–Trinajstić information content (AvgIpc) is 2.75. The molecule has 29 heavy (non-hydrogen) atoms. The Balaban J connectivity index is 1.38. The van der Waals surface area contributed by atoms with Crippen molar-refractivity contribution >= 4 is 11.9 Å². The first-order chi connectivity index (χ1) is 14.0. The van der Waals surface area contributed by atoms with E-state index in [2.05, 4.69) is 47.9 Å². The zero-order valence-electron chi connectivity index (χ0n) is 18.1. The second-order valence-corrected chi connectivity index (χ2v) is 8.63. The van der Waals surface area contributed by atoms with Crippen LogP contribution in [0, 0.1) is 5.92 Å². The number of ether oxygens (including phenoxy) is 1. The smallest absolute Gasteiger partial charge is 0.308 e. The van der Waals surface area contributed by atoms with Crippen molar-refractivity contribution in [2.45, 2.75) is 39.2 Å². The number of esters is 1. The molecule has 0 unspecified atom stereocenters. The van der Waals surface area contributed by atoms with Crippen molar-refractivity contribution < 1.29 is 14.3 Å². The van der Waals surface area contributed by atoms with Gasteiger partial charge in [0.2, 0.25) is 5.91 Å². The van der Waals surface area contributed by atoms with E-state index in [1.165, 1.54) is 18.2 Å². The monoisotopic (exact) mass is 401 g/mol. The Morgan fingerprint density at radius 1 is 0.966 bits per heavy atom. The molecule has 2 aliphatic heterocycles. The topological polar surface area (TPSA) is 53.1 Å². The van der Waals surface area contributed by atoms with Crippen LogP contribution < -0.4 is 0 Å². The lowest BCUT2D eigenvalue weighted by atomic mass is 9.97. The van der Waals surface area contributed by atoms with E-state index in [0.717, 1.165) is 32.7 Å². The van der Waals surface area contributed by atoms with E-state index in [9.17, 15) is 9.59 Å². The van der Waals surface area contributed by atoms with E-state index < -0.39 is 0 Å². The fourth-order valence-electron chi connectivity index (χ4n) is 4.19. The molecule has 1 aromatic carbocycles. The fraction of sp³-hybridized carbons (Fsp3) is 0.652. The van der Waals surface area contributed by atoms with E-state index in [1.54, 1.807) is 0 Å². The predicted molar refractivity (Wildman–Crippen MR) is 114 cm³/mol. The van der Waals surface area contributed by atoms with Gasteiger partial charge in [0.25, 0.3) is 0 Å². The van der Waals surface area contributed by atoms with Crippen molar-refractivity contribution in [2.24, 2.45) is 5.92 Å². The molecule has 0 aliphatic carbocycles. The average molecular weight is 402 g/mol. The highest BCUT2D eigenvalue weighted by molar-refractivity contribution is 5.79. The molecule has 3 rings (SSSR count). The van der Waals surface area contributed by atoms with Crippen molar-refractivity contribution in [3.63, 3.8) is 0 Å². The lowest BCUT2D eigenvalue weighted by Crippen LogP contribution is -2.51. The number of methoxy groups -OCH3 is 1. The van der Waals surface area contributed by atoms with Crippen molar-refractivity contribution in [1.29, 1.82) is 0 Å². The first-order valence-electron chi connectivity index (χ1n) is 10.9. The third-order valence-corrected chi connectivity index (χ3v) is 6.26. The van der Waals surface area contributed by atoms with Crippen LogP contribution in [0.3, 0.4) is 0 Å². The number of carbonyl (C=O) groups is 2. The van der Waals surface area contributed by atoms with Crippen LogP contribution in [0.5, 0.6) is 0 Å². The molecule has 0 bridgehead atoms. The minimum absolute atomic E-state index is 0.0535. The number of hydrogen-bond donors (Lipinski definition) is 0. The van der Waals surface area contributed by atoms with Crippen LogP contribution in [-0.2, 0) is 20.9 Å². The summed E-state index contributed by atoms with van der Waals surface area (Å²) >= 11 is 0. The van der Waals surface area contributed by atoms with Gasteiger partial charge in [-0.3, -0.25) is 19.4 Å². The Morgan fingerprint density at radius 3 is 2.10 bits per heavy atom. The third-order valence-electron chi connectivity index (χ3n) is 6.26. The van der Waals surface area contributed by atoms with Crippen molar-refractivity contribution in [3.8, 4) is 0 Å². The van der Waals surface area contributed by atoms with E-state index in [0.29, 0.717) is 38.4 Å². The molecule has 0 spiro atoms. The van der Waals surface area contributed by atoms with Gasteiger partial charge in [-0.2, -0.15) is 0 Å². The molecule has 2 aliphatic rings. The van der Waals surface area contributed by atoms with Gasteiger partial charge in [0.05, 0.1) is 19.6 Å². The summed E-state index contributed by atoms with van der Waals surface area (Å²) in [6.45, 7) is 11.0. The number of amides is 1. The standard InChI is InChI=1S/C23H35N3O3/c1-18(2)20-6-4-19(5-7-20)16-24-12-14-25(15-13-24)17-22(27)26-10-8-21(9-11-26)23(28)29-3/h4-7,18,21H,8-17H2,1-3H3. The molecular formula is C23H35N3O3. The van der Waals surface area contributed by atoms with Gasteiger partial charge in [0.1, 0.15) is 0 Å². The Bertz CT molecular complexity index is 673. The molecule has 0 atom stereocenters. The Labute approximate surface area is 174 Å².